The predicted molar refractivity (Wildman–Crippen MR) is 132 cm³/mol. The lowest BCUT2D eigenvalue weighted by Crippen LogP contribution is -2.49. The molecule has 2 saturated heterocycles. The number of aromatic nitrogens is 2. The number of nitrogen functional groups attached to an aromatic ring is 1. The Hall–Kier alpha value is -2.38. The van der Waals surface area contributed by atoms with Gasteiger partial charge in [0.05, 0.1) is 5.56 Å². The van der Waals surface area contributed by atoms with Crippen molar-refractivity contribution in [1.29, 1.82) is 0 Å². The normalized spacial score (nSPS) is 25.6. The summed E-state index contributed by atoms with van der Waals surface area (Å²) in [6.07, 6.45) is 6.60. The van der Waals surface area contributed by atoms with E-state index in [0.29, 0.717) is 29.2 Å². The second kappa shape index (κ2) is 8.76. The number of hydrogen-bond donors (Lipinski definition) is 2. The summed E-state index contributed by atoms with van der Waals surface area (Å²) in [5.74, 6) is 2.08. The monoisotopic (exact) mass is 451 g/mol. The van der Waals surface area contributed by atoms with Crippen molar-refractivity contribution in [1.82, 2.24) is 9.55 Å². The molecule has 1 aliphatic carbocycles. The van der Waals surface area contributed by atoms with Crippen LogP contribution in [0.1, 0.15) is 56.9 Å². The van der Waals surface area contributed by atoms with Crippen molar-refractivity contribution in [3.8, 4) is 11.1 Å². The molecule has 1 spiro atoms. The molecule has 7 nitrogen and oxygen atoms in total. The summed E-state index contributed by atoms with van der Waals surface area (Å²) in [6, 6.07) is 8.52. The SMILES string of the molecule is C[C@@H]1CCC2(CCN(c3nc(N)c(-c4ccc(C5CCOCC5)cc4)c(=O)n3C)CC2)[C@@H]1N. The quantitative estimate of drug-likeness (QED) is 0.743. The molecule has 1 saturated carbocycles. The molecule has 0 radical (unpaired) electrons. The van der Waals surface area contributed by atoms with E-state index in [1.165, 1.54) is 18.4 Å². The van der Waals surface area contributed by atoms with Crippen molar-refractivity contribution >= 4 is 11.8 Å². The molecule has 33 heavy (non-hydrogen) atoms. The number of benzene rings is 1. The zero-order valence-corrected chi connectivity index (χ0v) is 19.9. The molecule has 7 heteroatoms. The van der Waals surface area contributed by atoms with E-state index in [1.807, 2.05) is 12.1 Å². The second-order valence-corrected chi connectivity index (χ2v) is 10.4. The molecule has 2 aromatic rings. The van der Waals surface area contributed by atoms with Crippen LogP contribution in [-0.4, -0.2) is 41.9 Å². The maximum Gasteiger partial charge on any atom is 0.264 e. The van der Waals surface area contributed by atoms with E-state index in [-0.39, 0.29) is 17.0 Å². The Kier molecular flexibility index (Phi) is 5.95. The summed E-state index contributed by atoms with van der Waals surface area (Å²) < 4.78 is 7.14. The molecule has 0 amide bonds. The van der Waals surface area contributed by atoms with Crippen molar-refractivity contribution in [2.45, 2.75) is 57.4 Å². The Bertz CT molecular complexity index is 1050. The van der Waals surface area contributed by atoms with Crippen LogP contribution < -0.4 is 21.9 Å². The summed E-state index contributed by atoms with van der Waals surface area (Å²) in [6.45, 7) is 5.62. The standard InChI is InChI=1S/C26H37N5O2/c1-17-7-10-26(22(17)27)11-13-31(14-12-26)25-29-23(28)21(24(32)30(25)2)20-5-3-18(4-6-20)19-8-15-33-16-9-19/h3-6,17,19,22H,7-16,27-28H2,1-2H3/t17-,22-/m1/s1. The van der Waals surface area contributed by atoms with Crippen LogP contribution in [0.5, 0.6) is 0 Å². The smallest absolute Gasteiger partial charge is 0.264 e. The number of anilines is 2. The molecule has 178 valence electrons. The second-order valence-electron chi connectivity index (χ2n) is 10.4. The third-order valence-electron chi connectivity index (χ3n) is 8.65. The molecule has 0 unspecified atom stereocenters. The minimum Gasteiger partial charge on any atom is -0.383 e. The third-order valence-corrected chi connectivity index (χ3v) is 8.65. The van der Waals surface area contributed by atoms with Gasteiger partial charge in [0.2, 0.25) is 5.95 Å². The molecule has 3 fully saturated rings. The molecule has 2 atom stereocenters. The average Bonchev–Trinajstić information content (AvgIpc) is 3.11. The van der Waals surface area contributed by atoms with E-state index in [0.717, 1.165) is 57.6 Å². The third kappa shape index (κ3) is 3.95. The Labute approximate surface area is 196 Å². The molecule has 2 aliphatic heterocycles. The minimum absolute atomic E-state index is 0.0946. The summed E-state index contributed by atoms with van der Waals surface area (Å²) in [7, 11) is 1.80. The first-order valence-electron chi connectivity index (χ1n) is 12.4. The highest BCUT2D eigenvalue weighted by Crippen LogP contribution is 2.48. The van der Waals surface area contributed by atoms with Crippen LogP contribution in [0.4, 0.5) is 11.8 Å². The zero-order chi connectivity index (χ0) is 23.2. The summed E-state index contributed by atoms with van der Waals surface area (Å²) in [5.41, 5.74) is 15.7. The fourth-order valence-corrected chi connectivity index (χ4v) is 6.31. The van der Waals surface area contributed by atoms with Crippen LogP contribution in [0.15, 0.2) is 29.1 Å². The molecule has 1 aromatic heterocycles. The number of piperidine rings is 1. The number of rotatable bonds is 3. The molecule has 0 bridgehead atoms. The lowest BCUT2D eigenvalue weighted by Gasteiger charge is -2.43. The Morgan fingerprint density at radius 3 is 2.33 bits per heavy atom. The molecule has 1 aromatic carbocycles. The van der Waals surface area contributed by atoms with E-state index in [2.05, 4.69) is 24.0 Å². The molecular formula is C26H37N5O2. The predicted octanol–water partition coefficient (Wildman–Crippen LogP) is 3.27. The molecule has 5 rings (SSSR count). The average molecular weight is 452 g/mol. The molecule has 3 aliphatic rings. The van der Waals surface area contributed by atoms with E-state index in [1.54, 1.807) is 11.6 Å². The topological polar surface area (TPSA) is 99.4 Å². The van der Waals surface area contributed by atoms with E-state index in [9.17, 15) is 4.79 Å². The van der Waals surface area contributed by atoms with Gasteiger partial charge in [-0.05, 0) is 66.9 Å². The highest BCUT2D eigenvalue weighted by molar-refractivity contribution is 5.74. The summed E-state index contributed by atoms with van der Waals surface area (Å²) in [5, 5.41) is 0. The Balaban J connectivity index is 1.37. The Morgan fingerprint density at radius 1 is 1.06 bits per heavy atom. The van der Waals surface area contributed by atoms with Crippen LogP contribution in [0, 0.1) is 11.3 Å². The highest BCUT2D eigenvalue weighted by Gasteiger charge is 2.46. The number of nitrogens with zero attached hydrogens (tertiary/aromatic N) is 3. The zero-order valence-electron chi connectivity index (χ0n) is 19.9. The van der Waals surface area contributed by atoms with Gasteiger partial charge in [-0.25, -0.2) is 0 Å². The summed E-state index contributed by atoms with van der Waals surface area (Å²) >= 11 is 0. The van der Waals surface area contributed by atoms with Gasteiger partial charge >= 0.3 is 0 Å². The Morgan fingerprint density at radius 2 is 1.73 bits per heavy atom. The fraction of sp³-hybridized carbons (Fsp3) is 0.615. The van der Waals surface area contributed by atoms with Crippen molar-refractivity contribution in [3.63, 3.8) is 0 Å². The van der Waals surface area contributed by atoms with Crippen LogP contribution in [0.25, 0.3) is 11.1 Å². The van der Waals surface area contributed by atoms with Gasteiger partial charge < -0.3 is 21.1 Å². The van der Waals surface area contributed by atoms with Crippen LogP contribution in [0.3, 0.4) is 0 Å². The maximum absolute atomic E-state index is 13.4. The van der Waals surface area contributed by atoms with Crippen molar-refractivity contribution in [3.05, 3.63) is 40.2 Å². The first-order valence-corrected chi connectivity index (χ1v) is 12.4. The lowest BCUT2D eigenvalue weighted by atomic mass is 9.73. The van der Waals surface area contributed by atoms with Gasteiger partial charge in [-0.1, -0.05) is 31.2 Å². The van der Waals surface area contributed by atoms with Gasteiger partial charge in [0.15, 0.2) is 0 Å². The number of hydrogen-bond acceptors (Lipinski definition) is 6. The number of ether oxygens (including phenoxy) is 1. The van der Waals surface area contributed by atoms with Gasteiger partial charge in [-0.3, -0.25) is 9.36 Å². The van der Waals surface area contributed by atoms with Crippen molar-refractivity contribution in [2.75, 3.05) is 36.9 Å². The molecular weight excluding hydrogens is 414 g/mol. The highest BCUT2D eigenvalue weighted by atomic mass is 16.5. The maximum atomic E-state index is 13.4. The van der Waals surface area contributed by atoms with E-state index < -0.39 is 0 Å². The van der Waals surface area contributed by atoms with E-state index >= 15 is 0 Å². The van der Waals surface area contributed by atoms with Crippen LogP contribution >= 0.6 is 0 Å². The van der Waals surface area contributed by atoms with E-state index in [4.69, 9.17) is 21.2 Å². The van der Waals surface area contributed by atoms with Gasteiger partial charge in [-0.2, -0.15) is 4.98 Å². The fourth-order valence-electron chi connectivity index (χ4n) is 6.31. The minimum atomic E-state index is -0.0946. The summed E-state index contributed by atoms with van der Waals surface area (Å²) in [4.78, 5) is 20.3. The van der Waals surface area contributed by atoms with Crippen LogP contribution in [-0.2, 0) is 11.8 Å². The lowest BCUT2D eigenvalue weighted by molar-refractivity contribution is 0.0853. The molecule has 3 heterocycles. The van der Waals surface area contributed by atoms with Crippen LogP contribution in [0.2, 0.25) is 0 Å². The first-order chi connectivity index (χ1) is 15.9. The van der Waals surface area contributed by atoms with Gasteiger partial charge in [0, 0.05) is 39.4 Å². The van der Waals surface area contributed by atoms with Crippen molar-refractivity contribution in [2.24, 2.45) is 24.1 Å². The van der Waals surface area contributed by atoms with Gasteiger partial charge in [0.1, 0.15) is 5.82 Å². The first kappa shape index (κ1) is 22.4. The largest absolute Gasteiger partial charge is 0.383 e. The van der Waals surface area contributed by atoms with Crippen molar-refractivity contribution < 1.29 is 4.74 Å². The number of nitrogens with two attached hydrogens (primary N) is 2. The van der Waals surface area contributed by atoms with Gasteiger partial charge in [0.25, 0.3) is 5.56 Å². The molecule has 4 N–H and O–H groups in total. The van der Waals surface area contributed by atoms with Gasteiger partial charge in [-0.15, -0.1) is 0 Å².